The first-order valence-corrected chi connectivity index (χ1v) is 7.88. The smallest absolute Gasteiger partial charge is 0.230 e. The van der Waals surface area contributed by atoms with Crippen LogP contribution in [0, 0.1) is 5.82 Å². The van der Waals surface area contributed by atoms with Gasteiger partial charge in [-0.25, -0.2) is 9.37 Å². The van der Waals surface area contributed by atoms with Crippen LogP contribution in [0.1, 0.15) is 0 Å². The van der Waals surface area contributed by atoms with Crippen molar-refractivity contribution in [3.63, 3.8) is 0 Å². The van der Waals surface area contributed by atoms with Crippen LogP contribution in [0.25, 0.3) is 22.3 Å². The molecule has 4 rings (SSSR count). The molecular formula is C19H11ClFN3O. The van der Waals surface area contributed by atoms with E-state index in [-0.39, 0.29) is 5.02 Å². The van der Waals surface area contributed by atoms with Crippen molar-refractivity contribution in [2.24, 2.45) is 0 Å². The van der Waals surface area contributed by atoms with E-state index in [1.165, 1.54) is 18.2 Å². The van der Waals surface area contributed by atoms with Gasteiger partial charge in [-0.2, -0.15) is 4.98 Å². The second-order valence-electron chi connectivity index (χ2n) is 5.29. The number of para-hydroxylation sites is 1. The van der Waals surface area contributed by atoms with Crippen LogP contribution in [-0.2, 0) is 0 Å². The molecule has 0 saturated heterocycles. The Morgan fingerprint density at radius 3 is 2.64 bits per heavy atom. The number of benzene rings is 2. The number of halogens is 2. The first-order chi connectivity index (χ1) is 12.2. The van der Waals surface area contributed by atoms with Crippen LogP contribution in [0.4, 0.5) is 4.39 Å². The summed E-state index contributed by atoms with van der Waals surface area (Å²) in [5.41, 5.74) is 1.51. The van der Waals surface area contributed by atoms with Gasteiger partial charge in [0.15, 0.2) is 5.82 Å². The molecule has 2 heterocycles. The fourth-order valence-electron chi connectivity index (χ4n) is 2.40. The maximum absolute atomic E-state index is 13.4. The highest BCUT2D eigenvalue weighted by atomic mass is 35.5. The summed E-state index contributed by atoms with van der Waals surface area (Å²) in [5, 5.41) is 0.735. The van der Waals surface area contributed by atoms with Crippen LogP contribution in [0.3, 0.4) is 0 Å². The number of hydrogen-bond donors (Lipinski definition) is 0. The fourth-order valence-corrected chi connectivity index (χ4v) is 2.57. The molecular weight excluding hydrogens is 341 g/mol. The maximum Gasteiger partial charge on any atom is 0.230 e. The lowest BCUT2D eigenvalue weighted by Crippen LogP contribution is -1.96. The van der Waals surface area contributed by atoms with Gasteiger partial charge >= 0.3 is 0 Å². The fraction of sp³-hybridized carbons (Fsp3) is 0. The Morgan fingerprint density at radius 1 is 0.960 bits per heavy atom. The normalized spacial score (nSPS) is 10.8. The lowest BCUT2D eigenvalue weighted by molar-refractivity contribution is 0.467. The second kappa shape index (κ2) is 6.45. The summed E-state index contributed by atoms with van der Waals surface area (Å²) < 4.78 is 19.2. The largest absolute Gasteiger partial charge is 0.438 e. The molecule has 0 saturated carbocycles. The maximum atomic E-state index is 13.4. The Balaban J connectivity index is 1.85. The average molecular weight is 352 g/mol. The van der Waals surface area contributed by atoms with Crippen LogP contribution in [0.2, 0.25) is 5.02 Å². The zero-order valence-electron chi connectivity index (χ0n) is 12.9. The molecule has 122 valence electrons. The van der Waals surface area contributed by atoms with Crippen molar-refractivity contribution in [1.29, 1.82) is 0 Å². The van der Waals surface area contributed by atoms with E-state index in [0.717, 1.165) is 16.5 Å². The summed E-state index contributed by atoms with van der Waals surface area (Å²) in [6, 6.07) is 15.4. The molecule has 0 aliphatic carbocycles. The summed E-state index contributed by atoms with van der Waals surface area (Å²) >= 11 is 5.83. The third-order valence-corrected chi connectivity index (χ3v) is 3.88. The van der Waals surface area contributed by atoms with Gasteiger partial charge in [0.2, 0.25) is 5.88 Å². The van der Waals surface area contributed by atoms with Crippen LogP contribution < -0.4 is 4.74 Å². The van der Waals surface area contributed by atoms with Crippen LogP contribution >= 0.6 is 11.6 Å². The van der Waals surface area contributed by atoms with Gasteiger partial charge in [0.25, 0.3) is 0 Å². The Hall–Kier alpha value is -3.05. The summed E-state index contributed by atoms with van der Waals surface area (Å²) in [6.45, 7) is 0. The van der Waals surface area contributed by atoms with Crippen molar-refractivity contribution in [2.45, 2.75) is 0 Å². The molecule has 0 radical (unpaired) electrons. The predicted octanol–water partition coefficient (Wildman–Crippen LogP) is 5.28. The Labute approximate surface area is 147 Å². The van der Waals surface area contributed by atoms with E-state index < -0.39 is 5.82 Å². The van der Waals surface area contributed by atoms with Crippen molar-refractivity contribution in [3.05, 3.63) is 77.8 Å². The van der Waals surface area contributed by atoms with Gasteiger partial charge in [0, 0.05) is 24.0 Å². The van der Waals surface area contributed by atoms with Crippen molar-refractivity contribution in [1.82, 2.24) is 15.0 Å². The van der Waals surface area contributed by atoms with Crippen molar-refractivity contribution >= 4 is 22.5 Å². The minimum absolute atomic E-state index is 0.0108. The Morgan fingerprint density at radius 2 is 1.84 bits per heavy atom. The standard InChI is InChI=1S/C19H11ClFN3O/c20-15-10-13(7-8-16(15)21)25-19-14-5-1-2-6-17(14)23-18(24-19)12-4-3-9-22-11-12/h1-11H. The number of hydrogen-bond acceptors (Lipinski definition) is 4. The number of aromatic nitrogens is 3. The molecule has 0 amide bonds. The first-order valence-electron chi connectivity index (χ1n) is 7.51. The SMILES string of the molecule is Fc1ccc(Oc2nc(-c3cccnc3)nc3ccccc23)cc1Cl. The van der Waals surface area contributed by atoms with Gasteiger partial charge in [-0.3, -0.25) is 4.98 Å². The average Bonchev–Trinajstić information content (AvgIpc) is 2.65. The van der Waals surface area contributed by atoms with E-state index in [1.54, 1.807) is 12.4 Å². The van der Waals surface area contributed by atoms with E-state index in [4.69, 9.17) is 16.3 Å². The number of ether oxygens (including phenoxy) is 1. The summed E-state index contributed by atoms with van der Waals surface area (Å²) in [5.74, 6) is 0.757. The van der Waals surface area contributed by atoms with E-state index in [2.05, 4.69) is 15.0 Å². The first kappa shape index (κ1) is 15.5. The van der Waals surface area contributed by atoms with Gasteiger partial charge in [0.05, 0.1) is 15.9 Å². The summed E-state index contributed by atoms with van der Waals surface area (Å²) in [6.07, 6.45) is 3.37. The number of fused-ring (bicyclic) bond motifs is 1. The van der Waals surface area contributed by atoms with Gasteiger partial charge in [-0.15, -0.1) is 0 Å². The molecule has 4 nitrogen and oxygen atoms in total. The number of rotatable bonds is 3. The quantitative estimate of drug-likeness (QED) is 0.504. The second-order valence-corrected chi connectivity index (χ2v) is 5.70. The lowest BCUT2D eigenvalue weighted by Gasteiger charge is -2.10. The molecule has 0 aliphatic rings. The number of pyridine rings is 1. The van der Waals surface area contributed by atoms with Crippen LogP contribution in [0.5, 0.6) is 11.6 Å². The van der Waals surface area contributed by atoms with Crippen molar-refractivity contribution in [3.8, 4) is 23.0 Å². The van der Waals surface area contributed by atoms with E-state index >= 15 is 0 Å². The van der Waals surface area contributed by atoms with Gasteiger partial charge in [-0.1, -0.05) is 23.7 Å². The molecule has 4 aromatic rings. The van der Waals surface area contributed by atoms with Crippen LogP contribution in [0.15, 0.2) is 67.0 Å². The topological polar surface area (TPSA) is 47.9 Å². The lowest BCUT2D eigenvalue weighted by atomic mass is 10.2. The van der Waals surface area contributed by atoms with Gasteiger partial charge in [-0.05, 0) is 36.4 Å². The Kier molecular flexibility index (Phi) is 3.99. The molecule has 6 heteroatoms. The Bertz CT molecular complexity index is 1060. The zero-order valence-corrected chi connectivity index (χ0v) is 13.6. The molecule has 2 aromatic heterocycles. The van der Waals surface area contributed by atoms with Gasteiger partial charge in [0.1, 0.15) is 11.6 Å². The highest BCUT2D eigenvalue weighted by Crippen LogP contribution is 2.31. The number of nitrogens with zero attached hydrogens (tertiary/aromatic N) is 3. The predicted molar refractivity (Wildman–Crippen MR) is 94.3 cm³/mol. The minimum Gasteiger partial charge on any atom is -0.438 e. The molecule has 0 bridgehead atoms. The third-order valence-electron chi connectivity index (χ3n) is 3.59. The minimum atomic E-state index is -0.502. The van der Waals surface area contributed by atoms with Crippen molar-refractivity contribution in [2.75, 3.05) is 0 Å². The molecule has 0 fully saturated rings. The highest BCUT2D eigenvalue weighted by Gasteiger charge is 2.12. The molecule has 0 aliphatic heterocycles. The molecule has 2 aromatic carbocycles. The molecule has 25 heavy (non-hydrogen) atoms. The summed E-state index contributed by atoms with van der Waals surface area (Å²) in [4.78, 5) is 13.2. The molecule has 0 unspecified atom stereocenters. The molecule has 0 atom stereocenters. The zero-order chi connectivity index (χ0) is 17.2. The molecule has 0 spiro atoms. The van der Waals surface area contributed by atoms with Gasteiger partial charge < -0.3 is 4.74 Å². The highest BCUT2D eigenvalue weighted by molar-refractivity contribution is 6.30. The van der Waals surface area contributed by atoms with E-state index in [0.29, 0.717) is 17.5 Å². The third kappa shape index (κ3) is 3.14. The summed E-state index contributed by atoms with van der Waals surface area (Å²) in [7, 11) is 0. The van der Waals surface area contributed by atoms with E-state index in [9.17, 15) is 4.39 Å². The van der Waals surface area contributed by atoms with E-state index in [1.807, 2.05) is 36.4 Å². The van der Waals surface area contributed by atoms with Crippen molar-refractivity contribution < 1.29 is 9.13 Å². The molecule has 0 N–H and O–H groups in total. The monoisotopic (exact) mass is 351 g/mol. The van der Waals surface area contributed by atoms with Crippen LogP contribution in [-0.4, -0.2) is 15.0 Å².